The molecule has 0 saturated heterocycles. The summed E-state index contributed by atoms with van der Waals surface area (Å²) in [5, 5.41) is 6.63. The first-order valence-corrected chi connectivity index (χ1v) is 3.75. The summed E-state index contributed by atoms with van der Waals surface area (Å²) in [5.41, 5.74) is 0. The molecule has 0 bridgehead atoms. The summed E-state index contributed by atoms with van der Waals surface area (Å²) in [4.78, 5) is 4.01. The van der Waals surface area contributed by atoms with Crippen molar-refractivity contribution in [2.45, 2.75) is 31.6 Å². The van der Waals surface area contributed by atoms with Gasteiger partial charge in [-0.2, -0.15) is 5.10 Å². The van der Waals surface area contributed by atoms with Crippen molar-refractivity contribution in [1.29, 1.82) is 0 Å². The quantitative estimate of drug-likeness (QED) is 0.631. The Kier molecular flexibility index (Phi) is 1.42. The summed E-state index contributed by atoms with van der Waals surface area (Å²) < 4.78 is 0. The van der Waals surface area contributed by atoms with Crippen LogP contribution < -0.4 is 0 Å². The number of hydrogen-bond acceptors (Lipinski definition) is 2. The van der Waals surface area contributed by atoms with Gasteiger partial charge in [-0.1, -0.05) is 12.8 Å². The molecule has 1 N–H and O–H groups in total. The van der Waals surface area contributed by atoms with Crippen LogP contribution in [0.1, 0.15) is 37.4 Å². The normalized spacial score (nSPS) is 20.0. The van der Waals surface area contributed by atoms with E-state index in [2.05, 4.69) is 21.5 Å². The lowest BCUT2D eigenvalue weighted by molar-refractivity contribution is 0.672. The first kappa shape index (κ1) is 5.89. The zero-order chi connectivity index (χ0) is 6.81. The molecule has 1 aliphatic rings. The number of rotatable bonds is 1. The lowest BCUT2D eigenvalue weighted by atomic mass is 10.1. The summed E-state index contributed by atoms with van der Waals surface area (Å²) >= 11 is 0. The van der Waals surface area contributed by atoms with Crippen molar-refractivity contribution in [1.82, 2.24) is 15.2 Å². The monoisotopic (exact) mass is 136 g/mol. The van der Waals surface area contributed by atoms with Crippen molar-refractivity contribution in [3.8, 4) is 0 Å². The van der Waals surface area contributed by atoms with E-state index in [-0.39, 0.29) is 0 Å². The van der Waals surface area contributed by atoms with E-state index in [4.69, 9.17) is 0 Å². The summed E-state index contributed by atoms with van der Waals surface area (Å²) in [5.74, 6) is 1.57. The maximum absolute atomic E-state index is 4.01. The molecule has 3 heteroatoms. The summed E-state index contributed by atoms with van der Waals surface area (Å²) in [6.07, 6.45) is 7.80. The number of aromatic nitrogens is 3. The third-order valence-electron chi connectivity index (χ3n) is 2.11. The predicted octanol–water partition coefficient (Wildman–Crippen LogP) is 1.26. The van der Waals surface area contributed by atoms with Crippen LogP contribution in [0.25, 0.3) is 0 Å². The molecule has 0 atom stereocenters. The number of aromatic amines is 1. The molecule has 0 unspecified atom stereocenters. The molecular formula is C7H10N3. The van der Waals surface area contributed by atoms with E-state index in [0.29, 0.717) is 5.92 Å². The van der Waals surface area contributed by atoms with Gasteiger partial charge >= 0.3 is 0 Å². The van der Waals surface area contributed by atoms with Gasteiger partial charge in [-0.25, -0.2) is 4.98 Å². The van der Waals surface area contributed by atoms with Crippen LogP contribution >= 0.6 is 0 Å². The fraction of sp³-hybridized carbons (Fsp3) is 0.714. The van der Waals surface area contributed by atoms with Crippen molar-refractivity contribution in [2.75, 3.05) is 0 Å². The SMILES string of the molecule is [c]1nc(C2CCCC2)n[nH]1. The molecule has 1 aliphatic carbocycles. The Labute approximate surface area is 59.9 Å². The van der Waals surface area contributed by atoms with Crippen LogP contribution in [-0.4, -0.2) is 15.2 Å². The summed E-state index contributed by atoms with van der Waals surface area (Å²) in [6.45, 7) is 0. The van der Waals surface area contributed by atoms with E-state index >= 15 is 0 Å². The average molecular weight is 136 g/mol. The molecule has 0 aliphatic heterocycles. The lowest BCUT2D eigenvalue weighted by Gasteiger charge is -1.99. The Bertz CT molecular complexity index is 187. The van der Waals surface area contributed by atoms with Crippen LogP contribution in [0.2, 0.25) is 0 Å². The van der Waals surface area contributed by atoms with Crippen molar-refractivity contribution < 1.29 is 0 Å². The first-order valence-electron chi connectivity index (χ1n) is 3.75. The van der Waals surface area contributed by atoms with Crippen LogP contribution in [-0.2, 0) is 0 Å². The Morgan fingerprint density at radius 2 is 2.20 bits per heavy atom. The highest BCUT2D eigenvalue weighted by Crippen LogP contribution is 2.31. The topological polar surface area (TPSA) is 41.6 Å². The second kappa shape index (κ2) is 2.40. The van der Waals surface area contributed by atoms with Crippen LogP contribution in [0, 0.1) is 6.33 Å². The highest BCUT2D eigenvalue weighted by Gasteiger charge is 2.19. The van der Waals surface area contributed by atoms with Crippen LogP contribution in [0.4, 0.5) is 0 Å². The molecule has 1 aromatic rings. The predicted molar refractivity (Wildman–Crippen MR) is 36.4 cm³/mol. The smallest absolute Gasteiger partial charge is 0.193 e. The molecule has 1 fully saturated rings. The Balaban J connectivity index is 2.12. The molecule has 1 saturated carbocycles. The molecule has 0 amide bonds. The van der Waals surface area contributed by atoms with E-state index in [1.54, 1.807) is 0 Å². The van der Waals surface area contributed by atoms with E-state index in [1.807, 2.05) is 0 Å². The second-order valence-electron chi connectivity index (χ2n) is 2.79. The van der Waals surface area contributed by atoms with Gasteiger partial charge in [0.2, 0.25) is 0 Å². The van der Waals surface area contributed by atoms with Gasteiger partial charge in [0.05, 0.1) is 0 Å². The minimum absolute atomic E-state index is 0.613. The highest BCUT2D eigenvalue weighted by molar-refractivity contribution is 4.94. The molecule has 53 valence electrons. The molecular weight excluding hydrogens is 126 g/mol. The Morgan fingerprint density at radius 1 is 1.40 bits per heavy atom. The molecule has 1 radical (unpaired) electrons. The maximum Gasteiger partial charge on any atom is 0.193 e. The second-order valence-corrected chi connectivity index (χ2v) is 2.79. The standard InChI is InChI=1S/C7H10N3/c1-2-4-6(3-1)7-8-5-9-10-7/h6H,1-4H2,(H,8,9,10). The Morgan fingerprint density at radius 3 is 2.80 bits per heavy atom. The minimum atomic E-state index is 0.613. The third-order valence-corrected chi connectivity index (χ3v) is 2.11. The lowest BCUT2D eigenvalue weighted by Crippen LogP contribution is -1.94. The molecule has 2 rings (SSSR count). The molecule has 10 heavy (non-hydrogen) atoms. The number of hydrogen-bond donors (Lipinski definition) is 1. The zero-order valence-corrected chi connectivity index (χ0v) is 5.80. The van der Waals surface area contributed by atoms with E-state index < -0.39 is 0 Å². The molecule has 1 aromatic heterocycles. The summed E-state index contributed by atoms with van der Waals surface area (Å²) in [6, 6.07) is 0. The van der Waals surface area contributed by atoms with Crippen LogP contribution in [0.5, 0.6) is 0 Å². The fourth-order valence-electron chi connectivity index (χ4n) is 1.56. The van der Waals surface area contributed by atoms with Gasteiger partial charge in [0.25, 0.3) is 0 Å². The summed E-state index contributed by atoms with van der Waals surface area (Å²) in [7, 11) is 0. The van der Waals surface area contributed by atoms with Crippen molar-refractivity contribution in [3.63, 3.8) is 0 Å². The van der Waals surface area contributed by atoms with Gasteiger partial charge in [-0.15, -0.1) is 0 Å². The van der Waals surface area contributed by atoms with E-state index in [9.17, 15) is 0 Å². The van der Waals surface area contributed by atoms with Crippen molar-refractivity contribution in [2.24, 2.45) is 0 Å². The Hall–Kier alpha value is -0.860. The van der Waals surface area contributed by atoms with E-state index in [0.717, 1.165) is 5.82 Å². The molecule has 1 heterocycles. The maximum atomic E-state index is 4.01. The van der Waals surface area contributed by atoms with E-state index in [1.165, 1.54) is 25.7 Å². The van der Waals surface area contributed by atoms with Crippen LogP contribution in [0.3, 0.4) is 0 Å². The number of nitrogens with zero attached hydrogens (tertiary/aromatic N) is 2. The van der Waals surface area contributed by atoms with Gasteiger partial charge in [-0.3, -0.25) is 5.10 Å². The van der Waals surface area contributed by atoms with Gasteiger partial charge in [0.15, 0.2) is 12.2 Å². The fourth-order valence-corrected chi connectivity index (χ4v) is 1.56. The van der Waals surface area contributed by atoms with Crippen LogP contribution in [0.15, 0.2) is 0 Å². The highest BCUT2D eigenvalue weighted by atomic mass is 15.2. The van der Waals surface area contributed by atoms with Crippen molar-refractivity contribution in [3.05, 3.63) is 12.2 Å². The average Bonchev–Trinajstić information content (AvgIpc) is 2.59. The zero-order valence-electron chi connectivity index (χ0n) is 5.80. The first-order chi connectivity index (χ1) is 4.97. The van der Waals surface area contributed by atoms with Gasteiger partial charge in [-0.05, 0) is 12.8 Å². The van der Waals surface area contributed by atoms with Gasteiger partial charge < -0.3 is 0 Å². The third kappa shape index (κ3) is 0.916. The molecule has 0 spiro atoms. The number of H-pyrrole nitrogens is 1. The van der Waals surface area contributed by atoms with Crippen molar-refractivity contribution >= 4 is 0 Å². The number of nitrogens with one attached hydrogen (secondary N) is 1. The largest absolute Gasteiger partial charge is 0.256 e. The minimum Gasteiger partial charge on any atom is -0.256 e. The van der Waals surface area contributed by atoms with Gasteiger partial charge in [0.1, 0.15) is 0 Å². The molecule has 0 aromatic carbocycles. The molecule has 3 nitrogen and oxygen atoms in total. The van der Waals surface area contributed by atoms with Gasteiger partial charge in [0, 0.05) is 5.92 Å².